The predicted molar refractivity (Wildman–Crippen MR) is 78.2 cm³/mol. The smallest absolute Gasteiger partial charge is 0.331 e. The van der Waals surface area contributed by atoms with Crippen molar-refractivity contribution in [1.82, 2.24) is 0 Å². The van der Waals surface area contributed by atoms with Crippen molar-refractivity contribution in [3.05, 3.63) is 22.8 Å². The Hall–Kier alpha value is -1.38. The van der Waals surface area contributed by atoms with Gasteiger partial charge in [-0.1, -0.05) is 24.5 Å². The van der Waals surface area contributed by atoms with Gasteiger partial charge in [0.2, 0.25) is 0 Å². The molecule has 0 aliphatic heterocycles. The molecule has 0 radical (unpaired) electrons. The molecule has 2 aliphatic rings. The Balaban J connectivity index is 2.22. The SMILES string of the molecule is CC(C)=CC(=O)O[C@H]1C[C@]2(C)CCCCC2=C(C)C1=O. The van der Waals surface area contributed by atoms with Crippen LogP contribution >= 0.6 is 0 Å². The molecule has 0 bridgehead atoms. The Morgan fingerprint density at radius 2 is 2.05 bits per heavy atom. The van der Waals surface area contributed by atoms with E-state index in [1.54, 1.807) is 0 Å². The van der Waals surface area contributed by atoms with E-state index in [2.05, 4.69) is 6.92 Å². The lowest BCUT2D eigenvalue weighted by atomic mass is 9.63. The van der Waals surface area contributed by atoms with Crippen LogP contribution in [0.25, 0.3) is 0 Å². The molecule has 110 valence electrons. The lowest BCUT2D eigenvalue weighted by Gasteiger charge is -2.43. The maximum atomic E-state index is 12.4. The number of fused-ring (bicyclic) bond motifs is 1. The molecule has 0 N–H and O–H groups in total. The van der Waals surface area contributed by atoms with Crippen LogP contribution < -0.4 is 0 Å². The number of carbonyl (C=O) groups is 2. The number of hydrogen-bond acceptors (Lipinski definition) is 3. The first kappa shape index (κ1) is 15.0. The van der Waals surface area contributed by atoms with Gasteiger partial charge in [0.05, 0.1) is 0 Å². The van der Waals surface area contributed by atoms with Gasteiger partial charge >= 0.3 is 5.97 Å². The van der Waals surface area contributed by atoms with Crippen molar-refractivity contribution in [1.29, 1.82) is 0 Å². The molecule has 1 saturated carbocycles. The predicted octanol–water partition coefficient (Wildman–Crippen LogP) is 3.73. The minimum atomic E-state index is -0.607. The second-order valence-corrected chi connectivity index (χ2v) is 6.59. The van der Waals surface area contributed by atoms with Gasteiger partial charge in [0, 0.05) is 12.5 Å². The Morgan fingerprint density at radius 1 is 1.35 bits per heavy atom. The van der Waals surface area contributed by atoms with Crippen molar-refractivity contribution in [2.75, 3.05) is 0 Å². The van der Waals surface area contributed by atoms with E-state index in [1.807, 2.05) is 20.8 Å². The average molecular weight is 276 g/mol. The van der Waals surface area contributed by atoms with Crippen LogP contribution in [0.1, 0.15) is 59.8 Å². The summed E-state index contributed by atoms with van der Waals surface area (Å²) in [7, 11) is 0. The van der Waals surface area contributed by atoms with Crippen LogP contribution in [-0.4, -0.2) is 17.9 Å². The summed E-state index contributed by atoms with van der Waals surface area (Å²) in [6.45, 7) is 7.78. The standard InChI is InChI=1S/C17H24O3/c1-11(2)9-15(18)20-14-10-17(4)8-6-5-7-13(17)12(3)16(14)19/h9,14H,5-8,10H2,1-4H3/t14-,17-/m0/s1. The molecule has 2 atom stereocenters. The lowest BCUT2D eigenvalue weighted by Crippen LogP contribution is -2.41. The zero-order valence-electron chi connectivity index (χ0n) is 12.9. The first-order chi connectivity index (χ1) is 9.33. The maximum Gasteiger partial charge on any atom is 0.331 e. The summed E-state index contributed by atoms with van der Waals surface area (Å²) in [6, 6.07) is 0. The summed E-state index contributed by atoms with van der Waals surface area (Å²) >= 11 is 0. The van der Waals surface area contributed by atoms with Crippen LogP contribution in [0.4, 0.5) is 0 Å². The molecule has 0 saturated heterocycles. The van der Waals surface area contributed by atoms with Crippen molar-refractivity contribution in [2.45, 2.75) is 65.9 Å². The quantitative estimate of drug-likeness (QED) is 0.570. The Labute approximate surface area is 121 Å². The molecule has 2 aliphatic carbocycles. The second-order valence-electron chi connectivity index (χ2n) is 6.59. The number of allylic oxidation sites excluding steroid dienone is 2. The van der Waals surface area contributed by atoms with Crippen molar-refractivity contribution < 1.29 is 14.3 Å². The molecule has 0 aromatic rings. The van der Waals surface area contributed by atoms with Gasteiger partial charge in [-0.05, 0) is 51.0 Å². The topological polar surface area (TPSA) is 43.4 Å². The van der Waals surface area contributed by atoms with Gasteiger partial charge in [-0.3, -0.25) is 4.79 Å². The fourth-order valence-corrected chi connectivity index (χ4v) is 3.53. The molecule has 0 unspecified atom stereocenters. The van der Waals surface area contributed by atoms with Gasteiger partial charge < -0.3 is 4.74 Å². The third-order valence-corrected chi connectivity index (χ3v) is 4.55. The minimum Gasteiger partial charge on any atom is -0.451 e. The molecule has 3 heteroatoms. The number of Topliss-reactive ketones (excluding diaryl/α,β-unsaturated/α-hetero) is 1. The van der Waals surface area contributed by atoms with Crippen molar-refractivity contribution in [3.63, 3.8) is 0 Å². The molecule has 0 amide bonds. The van der Waals surface area contributed by atoms with E-state index in [0.717, 1.165) is 30.4 Å². The monoisotopic (exact) mass is 276 g/mol. The first-order valence-electron chi connectivity index (χ1n) is 7.43. The highest BCUT2D eigenvalue weighted by atomic mass is 16.5. The molecule has 20 heavy (non-hydrogen) atoms. The fraction of sp³-hybridized carbons (Fsp3) is 0.647. The number of rotatable bonds is 2. The number of esters is 1. The van der Waals surface area contributed by atoms with Gasteiger partial charge in [-0.15, -0.1) is 0 Å². The minimum absolute atomic E-state index is 0.00474. The summed E-state index contributed by atoms with van der Waals surface area (Å²) < 4.78 is 5.40. The zero-order valence-corrected chi connectivity index (χ0v) is 12.9. The highest BCUT2D eigenvalue weighted by Crippen LogP contribution is 2.49. The lowest BCUT2D eigenvalue weighted by molar-refractivity contribution is -0.151. The Kier molecular flexibility index (Phi) is 4.17. The molecule has 2 rings (SSSR count). The normalized spacial score (nSPS) is 29.8. The molecule has 1 fully saturated rings. The van der Waals surface area contributed by atoms with Crippen LogP contribution in [-0.2, 0) is 14.3 Å². The second kappa shape index (κ2) is 5.55. The van der Waals surface area contributed by atoms with Gasteiger partial charge in [0.1, 0.15) is 0 Å². The van der Waals surface area contributed by atoms with Crippen LogP contribution in [0.3, 0.4) is 0 Å². The van der Waals surface area contributed by atoms with Crippen LogP contribution in [0.15, 0.2) is 22.8 Å². The van der Waals surface area contributed by atoms with Gasteiger partial charge in [-0.25, -0.2) is 4.79 Å². The van der Waals surface area contributed by atoms with E-state index in [9.17, 15) is 9.59 Å². The van der Waals surface area contributed by atoms with E-state index in [0.29, 0.717) is 6.42 Å². The summed E-state index contributed by atoms with van der Waals surface area (Å²) in [5, 5.41) is 0. The zero-order chi connectivity index (χ0) is 14.9. The molecular formula is C17H24O3. The molecule has 3 nitrogen and oxygen atoms in total. The van der Waals surface area contributed by atoms with Gasteiger partial charge in [0.25, 0.3) is 0 Å². The first-order valence-corrected chi connectivity index (χ1v) is 7.43. The van der Waals surface area contributed by atoms with E-state index in [-0.39, 0.29) is 11.2 Å². The highest BCUT2D eigenvalue weighted by Gasteiger charge is 2.43. The van der Waals surface area contributed by atoms with Crippen molar-refractivity contribution in [3.8, 4) is 0 Å². The number of hydrogen-bond donors (Lipinski definition) is 0. The largest absolute Gasteiger partial charge is 0.451 e. The number of ketones is 1. The van der Waals surface area contributed by atoms with Gasteiger partial charge in [-0.2, -0.15) is 0 Å². The third kappa shape index (κ3) is 2.87. The third-order valence-electron chi connectivity index (χ3n) is 4.55. The van der Waals surface area contributed by atoms with E-state index in [1.165, 1.54) is 18.1 Å². The summed E-state index contributed by atoms with van der Waals surface area (Å²) in [4.78, 5) is 24.2. The summed E-state index contributed by atoms with van der Waals surface area (Å²) in [6.07, 6.45) is 5.94. The fourth-order valence-electron chi connectivity index (χ4n) is 3.53. The number of carbonyl (C=O) groups excluding carboxylic acids is 2. The van der Waals surface area contributed by atoms with Crippen LogP contribution in [0.2, 0.25) is 0 Å². The van der Waals surface area contributed by atoms with Crippen LogP contribution in [0.5, 0.6) is 0 Å². The highest BCUT2D eigenvalue weighted by molar-refractivity contribution is 6.01. The summed E-state index contributed by atoms with van der Waals surface area (Å²) in [5.41, 5.74) is 3.04. The number of ether oxygens (including phenoxy) is 1. The summed E-state index contributed by atoms with van der Waals surface area (Å²) in [5.74, 6) is -0.408. The van der Waals surface area contributed by atoms with Crippen LogP contribution in [0, 0.1) is 5.41 Å². The van der Waals surface area contributed by atoms with Gasteiger partial charge in [0.15, 0.2) is 11.9 Å². The van der Waals surface area contributed by atoms with E-state index in [4.69, 9.17) is 4.74 Å². The Morgan fingerprint density at radius 3 is 2.70 bits per heavy atom. The molecule has 0 aromatic carbocycles. The van der Waals surface area contributed by atoms with E-state index < -0.39 is 12.1 Å². The average Bonchev–Trinajstić information content (AvgIpc) is 2.34. The van der Waals surface area contributed by atoms with Crippen molar-refractivity contribution in [2.24, 2.45) is 5.41 Å². The van der Waals surface area contributed by atoms with E-state index >= 15 is 0 Å². The molecular weight excluding hydrogens is 252 g/mol. The molecule has 0 aromatic heterocycles. The maximum absolute atomic E-state index is 12.4. The molecule has 0 heterocycles. The molecule has 0 spiro atoms. The van der Waals surface area contributed by atoms with Crippen molar-refractivity contribution >= 4 is 11.8 Å². The Bertz CT molecular complexity index is 494.